The Balaban J connectivity index is 2.19. The third-order valence-corrected chi connectivity index (χ3v) is 2.83. The van der Waals surface area contributed by atoms with Crippen molar-refractivity contribution in [1.29, 1.82) is 0 Å². The predicted molar refractivity (Wildman–Crippen MR) is 61.3 cm³/mol. The molecule has 1 aliphatic rings. The average molecular weight is 187 g/mol. The summed E-state index contributed by atoms with van der Waals surface area (Å²) in [6.07, 6.45) is 3.52. The number of benzene rings is 1. The van der Waals surface area contributed by atoms with Crippen molar-refractivity contribution in [3.8, 4) is 0 Å². The molecule has 14 heavy (non-hydrogen) atoms. The lowest BCUT2D eigenvalue weighted by molar-refractivity contribution is 0.370. The zero-order chi connectivity index (χ0) is 9.97. The molecule has 1 aliphatic heterocycles. The van der Waals surface area contributed by atoms with Gasteiger partial charge in [0.15, 0.2) is 0 Å². The van der Waals surface area contributed by atoms with E-state index in [2.05, 4.69) is 49.2 Å². The van der Waals surface area contributed by atoms with Crippen LogP contribution >= 0.6 is 0 Å². The van der Waals surface area contributed by atoms with Crippen molar-refractivity contribution >= 4 is 5.57 Å². The van der Waals surface area contributed by atoms with Crippen molar-refractivity contribution in [3.05, 3.63) is 41.5 Å². The highest BCUT2D eigenvalue weighted by molar-refractivity contribution is 5.66. The molecule has 0 radical (unpaired) electrons. The Morgan fingerprint density at radius 2 is 1.86 bits per heavy atom. The average Bonchev–Trinajstić information content (AvgIpc) is 2.21. The maximum atomic E-state index is 2.34. The van der Waals surface area contributed by atoms with Crippen LogP contribution in [0, 0.1) is 6.92 Å². The van der Waals surface area contributed by atoms with E-state index in [0.717, 1.165) is 6.54 Å². The molecule has 1 aromatic carbocycles. The lowest BCUT2D eigenvalue weighted by atomic mass is 9.99. The SMILES string of the molecule is Cc1ccc(C2=CCN(C)CC2)cc1. The van der Waals surface area contributed by atoms with E-state index >= 15 is 0 Å². The number of nitrogens with zero attached hydrogens (tertiary/aromatic N) is 1. The minimum absolute atomic E-state index is 1.09. The van der Waals surface area contributed by atoms with Crippen LogP contribution in [0.4, 0.5) is 0 Å². The first-order chi connectivity index (χ1) is 6.75. The number of hydrogen-bond donors (Lipinski definition) is 0. The third kappa shape index (κ3) is 2.05. The van der Waals surface area contributed by atoms with Crippen molar-refractivity contribution in [1.82, 2.24) is 4.90 Å². The Labute approximate surface area is 86.1 Å². The van der Waals surface area contributed by atoms with Crippen LogP contribution in [0.15, 0.2) is 30.3 Å². The molecule has 0 spiro atoms. The molecule has 0 unspecified atom stereocenters. The van der Waals surface area contributed by atoms with E-state index in [1.807, 2.05) is 0 Å². The standard InChI is InChI=1S/C13H17N/c1-11-3-5-12(6-4-11)13-7-9-14(2)10-8-13/h3-7H,8-10H2,1-2H3. The molecule has 1 aromatic rings. The van der Waals surface area contributed by atoms with Crippen molar-refractivity contribution in [2.24, 2.45) is 0 Å². The zero-order valence-corrected chi connectivity index (χ0v) is 8.96. The summed E-state index contributed by atoms with van der Waals surface area (Å²) in [7, 11) is 2.17. The first kappa shape index (κ1) is 9.47. The van der Waals surface area contributed by atoms with Gasteiger partial charge in [0.2, 0.25) is 0 Å². The molecule has 0 aromatic heterocycles. The van der Waals surface area contributed by atoms with Crippen molar-refractivity contribution in [2.75, 3.05) is 20.1 Å². The van der Waals surface area contributed by atoms with E-state index in [4.69, 9.17) is 0 Å². The van der Waals surface area contributed by atoms with Gasteiger partial charge in [-0.1, -0.05) is 35.9 Å². The molecule has 0 atom stereocenters. The van der Waals surface area contributed by atoms with E-state index in [1.165, 1.54) is 29.7 Å². The van der Waals surface area contributed by atoms with Gasteiger partial charge in [0.1, 0.15) is 0 Å². The second kappa shape index (κ2) is 3.97. The van der Waals surface area contributed by atoms with E-state index in [1.54, 1.807) is 0 Å². The molecular formula is C13H17N. The van der Waals surface area contributed by atoms with Gasteiger partial charge < -0.3 is 4.90 Å². The van der Waals surface area contributed by atoms with E-state index in [9.17, 15) is 0 Å². The Morgan fingerprint density at radius 3 is 2.43 bits per heavy atom. The molecule has 1 nitrogen and oxygen atoms in total. The van der Waals surface area contributed by atoms with Crippen molar-refractivity contribution in [3.63, 3.8) is 0 Å². The molecule has 1 heteroatoms. The number of hydrogen-bond acceptors (Lipinski definition) is 1. The van der Waals surface area contributed by atoms with Gasteiger partial charge >= 0.3 is 0 Å². The van der Waals surface area contributed by atoms with Crippen LogP contribution in [-0.2, 0) is 0 Å². The smallest absolute Gasteiger partial charge is 0.0166 e. The zero-order valence-electron chi connectivity index (χ0n) is 8.96. The molecule has 2 rings (SSSR count). The van der Waals surface area contributed by atoms with Gasteiger partial charge in [-0.25, -0.2) is 0 Å². The van der Waals surface area contributed by atoms with Gasteiger partial charge in [-0.05, 0) is 31.5 Å². The molecule has 0 saturated heterocycles. The summed E-state index contributed by atoms with van der Waals surface area (Å²) in [5, 5.41) is 0. The van der Waals surface area contributed by atoms with Crippen LogP contribution in [0.3, 0.4) is 0 Å². The highest BCUT2D eigenvalue weighted by Crippen LogP contribution is 2.21. The summed E-state index contributed by atoms with van der Waals surface area (Å²) < 4.78 is 0. The molecule has 0 amide bonds. The van der Waals surface area contributed by atoms with Crippen LogP contribution in [0.1, 0.15) is 17.5 Å². The van der Waals surface area contributed by atoms with Gasteiger partial charge in [-0.3, -0.25) is 0 Å². The molecule has 0 bridgehead atoms. The summed E-state index contributed by atoms with van der Waals surface area (Å²) in [5.41, 5.74) is 4.23. The molecule has 0 aliphatic carbocycles. The second-order valence-electron chi connectivity index (χ2n) is 4.11. The van der Waals surface area contributed by atoms with Crippen LogP contribution in [0.25, 0.3) is 5.57 Å². The largest absolute Gasteiger partial charge is 0.302 e. The Morgan fingerprint density at radius 1 is 1.14 bits per heavy atom. The van der Waals surface area contributed by atoms with Gasteiger partial charge in [0, 0.05) is 13.1 Å². The van der Waals surface area contributed by atoms with Gasteiger partial charge in [-0.15, -0.1) is 0 Å². The molecule has 0 saturated carbocycles. The minimum atomic E-state index is 1.09. The number of rotatable bonds is 1. The minimum Gasteiger partial charge on any atom is -0.302 e. The highest BCUT2D eigenvalue weighted by Gasteiger charge is 2.08. The van der Waals surface area contributed by atoms with Gasteiger partial charge in [-0.2, -0.15) is 0 Å². The lowest BCUT2D eigenvalue weighted by Crippen LogP contribution is -2.23. The van der Waals surface area contributed by atoms with Crippen LogP contribution in [0.5, 0.6) is 0 Å². The summed E-state index contributed by atoms with van der Waals surface area (Å²) in [6.45, 7) is 4.40. The fourth-order valence-corrected chi connectivity index (χ4v) is 1.80. The van der Waals surface area contributed by atoms with Gasteiger partial charge in [0.05, 0.1) is 0 Å². The summed E-state index contributed by atoms with van der Waals surface area (Å²) >= 11 is 0. The van der Waals surface area contributed by atoms with E-state index in [-0.39, 0.29) is 0 Å². The maximum Gasteiger partial charge on any atom is 0.0166 e. The molecule has 74 valence electrons. The Hall–Kier alpha value is -1.08. The summed E-state index contributed by atoms with van der Waals surface area (Å²) in [6, 6.07) is 8.84. The highest BCUT2D eigenvalue weighted by atomic mass is 15.1. The molecule has 0 fully saturated rings. The Kier molecular flexibility index (Phi) is 2.69. The monoisotopic (exact) mass is 187 g/mol. The molecule has 1 heterocycles. The fourth-order valence-electron chi connectivity index (χ4n) is 1.80. The first-order valence-corrected chi connectivity index (χ1v) is 5.20. The fraction of sp³-hybridized carbons (Fsp3) is 0.385. The second-order valence-corrected chi connectivity index (χ2v) is 4.11. The Bertz CT molecular complexity index is 335. The van der Waals surface area contributed by atoms with Crippen LogP contribution in [0.2, 0.25) is 0 Å². The summed E-state index contributed by atoms with van der Waals surface area (Å²) in [4.78, 5) is 2.34. The van der Waals surface area contributed by atoms with Crippen molar-refractivity contribution in [2.45, 2.75) is 13.3 Å². The van der Waals surface area contributed by atoms with E-state index < -0.39 is 0 Å². The van der Waals surface area contributed by atoms with Crippen molar-refractivity contribution < 1.29 is 0 Å². The summed E-state index contributed by atoms with van der Waals surface area (Å²) in [5.74, 6) is 0. The normalized spacial score (nSPS) is 18.0. The predicted octanol–water partition coefficient (Wildman–Crippen LogP) is 2.71. The molecule has 0 N–H and O–H groups in total. The topological polar surface area (TPSA) is 3.24 Å². The van der Waals surface area contributed by atoms with Crippen LogP contribution in [-0.4, -0.2) is 25.0 Å². The van der Waals surface area contributed by atoms with E-state index in [0.29, 0.717) is 0 Å². The van der Waals surface area contributed by atoms with Crippen LogP contribution < -0.4 is 0 Å². The lowest BCUT2D eigenvalue weighted by Gasteiger charge is -2.22. The number of likely N-dealkylation sites (N-methyl/N-ethyl adjacent to an activating group) is 1. The third-order valence-electron chi connectivity index (χ3n) is 2.83. The molecular weight excluding hydrogens is 170 g/mol. The number of aryl methyl sites for hydroxylation is 1. The quantitative estimate of drug-likeness (QED) is 0.653. The maximum absolute atomic E-state index is 2.34. The first-order valence-electron chi connectivity index (χ1n) is 5.20. The van der Waals surface area contributed by atoms with Gasteiger partial charge in [0.25, 0.3) is 0 Å².